The lowest BCUT2D eigenvalue weighted by Gasteiger charge is -2.18. The summed E-state index contributed by atoms with van der Waals surface area (Å²) in [5.41, 5.74) is 11.5. The van der Waals surface area contributed by atoms with Crippen LogP contribution in [0.2, 0.25) is 0 Å². The minimum Gasteiger partial charge on any atom is -0.456 e. The van der Waals surface area contributed by atoms with Crippen molar-refractivity contribution in [3.05, 3.63) is 222 Å². The average molecular weight is 668 g/mol. The van der Waals surface area contributed by atoms with Crippen LogP contribution in [0.5, 0.6) is 0 Å². The topological polar surface area (TPSA) is 51.8 Å². The van der Waals surface area contributed by atoms with Gasteiger partial charge in [0.25, 0.3) is 0 Å². The number of benzene rings is 7. The lowest BCUT2D eigenvalue weighted by molar-refractivity contribution is 0.669. The van der Waals surface area contributed by atoms with Crippen LogP contribution in [0.4, 0.5) is 0 Å². The van der Waals surface area contributed by atoms with Crippen molar-refractivity contribution in [2.45, 2.75) is 6.42 Å². The van der Waals surface area contributed by atoms with Crippen LogP contribution >= 0.6 is 0 Å². The quantitative estimate of drug-likeness (QED) is 0.151. The highest BCUT2D eigenvalue weighted by Crippen LogP contribution is 2.37. The summed E-state index contributed by atoms with van der Waals surface area (Å²) in [5, 5.41) is 2.17. The van der Waals surface area contributed by atoms with E-state index in [0.717, 1.165) is 60.9 Å². The van der Waals surface area contributed by atoms with E-state index >= 15 is 0 Å². The number of nitrogens with zero attached hydrogens (tertiary/aromatic N) is 3. The molecule has 0 spiro atoms. The van der Waals surface area contributed by atoms with E-state index in [9.17, 15) is 0 Å². The number of fused-ring (bicyclic) bond motifs is 3. The Morgan fingerprint density at radius 1 is 0.385 bits per heavy atom. The van der Waals surface area contributed by atoms with Crippen LogP contribution < -0.4 is 0 Å². The molecular weight excluding hydrogens is 635 g/mol. The Labute approximate surface area is 302 Å². The summed E-state index contributed by atoms with van der Waals surface area (Å²) in [4.78, 5) is 15.1. The van der Waals surface area contributed by atoms with Gasteiger partial charge in [0.05, 0.1) is 0 Å². The predicted molar refractivity (Wildman–Crippen MR) is 212 cm³/mol. The molecule has 9 rings (SSSR count). The Bertz CT molecular complexity index is 2640. The monoisotopic (exact) mass is 667 g/mol. The molecule has 0 saturated carbocycles. The summed E-state index contributed by atoms with van der Waals surface area (Å²) in [7, 11) is 0. The summed E-state index contributed by atoms with van der Waals surface area (Å²) < 4.78 is 6.24. The maximum Gasteiger partial charge on any atom is 0.163 e. The highest BCUT2D eigenvalue weighted by Gasteiger charge is 2.18. The molecule has 0 aliphatic carbocycles. The fourth-order valence-electron chi connectivity index (χ4n) is 6.95. The van der Waals surface area contributed by atoms with Gasteiger partial charge in [-0.05, 0) is 57.2 Å². The Kier molecular flexibility index (Phi) is 8.24. The summed E-state index contributed by atoms with van der Waals surface area (Å²) in [6.07, 6.45) is 0.532. The molecule has 246 valence electrons. The third kappa shape index (κ3) is 6.19. The smallest absolute Gasteiger partial charge is 0.163 e. The van der Waals surface area contributed by atoms with Gasteiger partial charge in [0.2, 0.25) is 0 Å². The number of para-hydroxylation sites is 1. The molecule has 2 aromatic heterocycles. The Morgan fingerprint density at radius 3 is 1.56 bits per heavy atom. The molecule has 0 N–H and O–H groups in total. The van der Waals surface area contributed by atoms with Crippen LogP contribution in [0.25, 0.3) is 55.9 Å². The van der Waals surface area contributed by atoms with Crippen molar-refractivity contribution in [2.24, 2.45) is 0 Å². The normalized spacial score (nSPS) is 11.2. The van der Waals surface area contributed by atoms with Crippen LogP contribution in [0.15, 0.2) is 192 Å². The zero-order valence-corrected chi connectivity index (χ0v) is 28.4. The van der Waals surface area contributed by atoms with Crippen molar-refractivity contribution >= 4 is 33.1 Å². The number of hydrogen-bond acceptors (Lipinski definition) is 4. The molecule has 9 aromatic rings. The Hall–Kier alpha value is -6.91. The third-order valence-electron chi connectivity index (χ3n) is 9.37. The number of furan rings is 1. The van der Waals surface area contributed by atoms with Gasteiger partial charge in [-0.1, -0.05) is 170 Å². The molecule has 4 heteroatoms. The summed E-state index contributed by atoms with van der Waals surface area (Å²) in [6, 6.07) is 65.2. The molecule has 0 radical (unpaired) electrons. The van der Waals surface area contributed by atoms with Gasteiger partial charge in [-0.25, -0.2) is 15.0 Å². The predicted octanol–water partition coefficient (Wildman–Crippen LogP) is 11.7. The van der Waals surface area contributed by atoms with Gasteiger partial charge in [0.1, 0.15) is 17.0 Å². The second-order valence-electron chi connectivity index (χ2n) is 12.8. The van der Waals surface area contributed by atoms with Crippen molar-refractivity contribution < 1.29 is 4.42 Å². The molecular formula is C48H33N3O. The minimum absolute atomic E-state index is 0.532. The zero-order valence-electron chi connectivity index (χ0n) is 28.4. The molecule has 0 aliphatic rings. The van der Waals surface area contributed by atoms with E-state index in [2.05, 4.69) is 133 Å². The molecule has 0 atom stereocenters. The second-order valence-corrected chi connectivity index (χ2v) is 12.8. The molecule has 0 unspecified atom stereocenters. The third-order valence-corrected chi connectivity index (χ3v) is 9.37. The van der Waals surface area contributed by atoms with Crippen molar-refractivity contribution in [1.82, 2.24) is 15.0 Å². The van der Waals surface area contributed by atoms with Gasteiger partial charge in [-0.2, -0.15) is 0 Å². The molecule has 2 heterocycles. The first-order valence-electron chi connectivity index (χ1n) is 17.5. The van der Waals surface area contributed by atoms with Crippen molar-refractivity contribution in [2.75, 3.05) is 0 Å². The maximum atomic E-state index is 6.24. The van der Waals surface area contributed by atoms with E-state index in [1.165, 1.54) is 11.1 Å². The van der Waals surface area contributed by atoms with Gasteiger partial charge in [0.15, 0.2) is 11.6 Å². The molecule has 0 aliphatic heterocycles. The van der Waals surface area contributed by atoms with Gasteiger partial charge in [-0.3, -0.25) is 0 Å². The number of aromatic nitrogens is 3. The van der Waals surface area contributed by atoms with E-state index in [1.807, 2.05) is 54.6 Å². The Morgan fingerprint density at radius 2 is 0.904 bits per heavy atom. The molecule has 0 amide bonds. The van der Waals surface area contributed by atoms with Crippen LogP contribution in [0.1, 0.15) is 33.6 Å². The largest absolute Gasteiger partial charge is 0.456 e. The molecule has 52 heavy (non-hydrogen) atoms. The van der Waals surface area contributed by atoms with E-state index in [-0.39, 0.29) is 0 Å². The first-order chi connectivity index (χ1) is 25.8. The van der Waals surface area contributed by atoms with E-state index in [0.29, 0.717) is 23.9 Å². The highest BCUT2D eigenvalue weighted by atomic mass is 16.3. The molecule has 0 saturated heterocycles. The standard InChI is InChI=1S/C48H33N3O/c1-5-17-34(18-6-1)45(35-19-7-2-8-20-35)46(36-21-9-3-10-22-36)38-25-15-16-33(30-38)31-44-49-47(37-23-11-4-12-24-37)51-48(50-44)39-28-29-41-40-26-13-14-27-42(40)52-43(41)32-39/h1-30,32H,31H2. The van der Waals surface area contributed by atoms with Gasteiger partial charge < -0.3 is 4.42 Å². The molecule has 0 fully saturated rings. The molecule has 4 nitrogen and oxygen atoms in total. The van der Waals surface area contributed by atoms with Crippen LogP contribution in [-0.4, -0.2) is 15.0 Å². The van der Waals surface area contributed by atoms with E-state index in [4.69, 9.17) is 19.4 Å². The highest BCUT2D eigenvalue weighted by molar-refractivity contribution is 6.06. The van der Waals surface area contributed by atoms with Crippen molar-refractivity contribution in [1.29, 1.82) is 0 Å². The summed E-state index contributed by atoms with van der Waals surface area (Å²) in [6.45, 7) is 0. The average Bonchev–Trinajstić information content (AvgIpc) is 3.59. The maximum absolute atomic E-state index is 6.24. The minimum atomic E-state index is 0.532. The lowest BCUT2D eigenvalue weighted by Crippen LogP contribution is -2.04. The van der Waals surface area contributed by atoms with Crippen LogP contribution in [-0.2, 0) is 6.42 Å². The first kappa shape index (κ1) is 31.1. The Balaban J connectivity index is 1.17. The van der Waals surface area contributed by atoms with E-state index in [1.54, 1.807) is 0 Å². The van der Waals surface area contributed by atoms with Crippen LogP contribution in [0.3, 0.4) is 0 Å². The first-order valence-corrected chi connectivity index (χ1v) is 17.5. The molecule has 0 bridgehead atoms. The SMILES string of the molecule is c1ccc(C(=C(c2ccccc2)c2cccc(Cc3nc(-c4ccccc4)nc(-c4ccc5c(c4)oc4ccccc45)n3)c2)c2ccccc2)cc1. The second kappa shape index (κ2) is 13.8. The van der Waals surface area contributed by atoms with E-state index < -0.39 is 0 Å². The summed E-state index contributed by atoms with van der Waals surface area (Å²) >= 11 is 0. The molecule has 7 aromatic carbocycles. The van der Waals surface area contributed by atoms with Gasteiger partial charge in [-0.15, -0.1) is 0 Å². The van der Waals surface area contributed by atoms with Gasteiger partial charge >= 0.3 is 0 Å². The van der Waals surface area contributed by atoms with Gasteiger partial charge in [0, 0.05) is 28.3 Å². The van der Waals surface area contributed by atoms with Crippen molar-refractivity contribution in [3.8, 4) is 22.8 Å². The fourth-order valence-corrected chi connectivity index (χ4v) is 6.95. The lowest BCUT2D eigenvalue weighted by atomic mass is 9.85. The summed E-state index contributed by atoms with van der Waals surface area (Å²) in [5.74, 6) is 1.95. The number of hydrogen-bond donors (Lipinski definition) is 0. The zero-order chi connectivity index (χ0) is 34.7. The fraction of sp³-hybridized carbons (Fsp3) is 0.0208. The van der Waals surface area contributed by atoms with Crippen LogP contribution in [0, 0.1) is 0 Å². The van der Waals surface area contributed by atoms with Crippen molar-refractivity contribution in [3.63, 3.8) is 0 Å². The number of rotatable bonds is 8.